The number of carbonyl (C=O) groups excluding carboxylic acids is 1. The molecule has 0 unspecified atom stereocenters. The van der Waals surface area contributed by atoms with E-state index in [1.54, 1.807) is 12.0 Å². The van der Waals surface area contributed by atoms with Gasteiger partial charge in [-0.05, 0) is 60.0 Å². The number of hydrogen-bond acceptors (Lipinski definition) is 6. The van der Waals surface area contributed by atoms with Gasteiger partial charge in [0.15, 0.2) is 15.8 Å². The first-order valence-electron chi connectivity index (χ1n) is 11.4. The number of nitrogens with zero attached hydrogens (tertiary/aromatic N) is 1. The third kappa shape index (κ3) is 6.24. The van der Waals surface area contributed by atoms with Crippen LogP contribution in [0.4, 0.5) is 5.69 Å². The third-order valence-electron chi connectivity index (χ3n) is 5.44. The molecule has 4 rings (SSSR count). The number of anilines is 1. The maximum atomic E-state index is 13.0. The van der Waals surface area contributed by atoms with E-state index < -0.39 is 0 Å². The summed E-state index contributed by atoms with van der Waals surface area (Å²) in [6, 6.07) is 23.2. The highest BCUT2D eigenvalue weighted by Gasteiger charge is 2.33. The van der Waals surface area contributed by atoms with E-state index in [-0.39, 0.29) is 5.91 Å². The van der Waals surface area contributed by atoms with Gasteiger partial charge in [0, 0.05) is 6.42 Å². The lowest BCUT2D eigenvalue weighted by atomic mass is 10.1. The minimum atomic E-state index is -0.130. The Hall–Kier alpha value is -3.29. The maximum Gasteiger partial charge on any atom is 0.270 e. The van der Waals surface area contributed by atoms with Gasteiger partial charge in [0.05, 0.1) is 30.9 Å². The SMILES string of the molecule is CCc1ccc(OCCCOc2ccc(C=C3SC(=S)N(c4ccccc4)C3=O)cc2OC)cc1. The molecule has 0 atom stereocenters. The zero-order valence-corrected chi connectivity index (χ0v) is 21.4. The topological polar surface area (TPSA) is 48.0 Å². The fourth-order valence-electron chi connectivity index (χ4n) is 3.56. The van der Waals surface area contributed by atoms with Crippen LogP contribution < -0.4 is 19.1 Å². The molecule has 1 saturated heterocycles. The van der Waals surface area contributed by atoms with Crippen LogP contribution in [-0.2, 0) is 11.2 Å². The van der Waals surface area contributed by atoms with Crippen molar-refractivity contribution in [1.29, 1.82) is 0 Å². The van der Waals surface area contributed by atoms with Gasteiger partial charge in [-0.25, -0.2) is 0 Å². The van der Waals surface area contributed by atoms with Gasteiger partial charge in [-0.2, -0.15) is 0 Å². The highest BCUT2D eigenvalue weighted by Crippen LogP contribution is 2.37. The first-order valence-corrected chi connectivity index (χ1v) is 12.7. The van der Waals surface area contributed by atoms with Gasteiger partial charge in [0.25, 0.3) is 5.91 Å². The zero-order chi connectivity index (χ0) is 24.6. The number of carbonyl (C=O) groups is 1. The fourth-order valence-corrected chi connectivity index (χ4v) is 4.86. The Kier molecular flexibility index (Phi) is 8.45. The van der Waals surface area contributed by atoms with Crippen molar-refractivity contribution in [1.82, 2.24) is 0 Å². The maximum absolute atomic E-state index is 13.0. The molecule has 0 aliphatic carbocycles. The number of aryl methyl sites for hydroxylation is 1. The molecule has 1 heterocycles. The second kappa shape index (κ2) is 11.9. The van der Waals surface area contributed by atoms with Crippen LogP contribution in [0.15, 0.2) is 77.7 Å². The summed E-state index contributed by atoms with van der Waals surface area (Å²) < 4.78 is 17.7. The average molecular weight is 506 g/mol. The molecule has 180 valence electrons. The number of ether oxygens (including phenoxy) is 3. The molecule has 0 spiro atoms. The minimum Gasteiger partial charge on any atom is -0.493 e. The second-order valence-electron chi connectivity index (χ2n) is 7.81. The second-order valence-corrected chi connectivity index (χ2v) is 9.49. The van der Waals surface area contributed by atoms with Crippen LogP contribution in [0, 0.1) is 0 Å². The fraction of sp³-hybridized carbons (Fsp3) is 0.214. The lowest BCUT2D eigenvalue weighted by Gasteiger charge is -2.14. The van der Waals surface area contributed by atoms with Gasteiger partial charge in [-0.15, -0.1) is 0 Å². The van der Waals surface area contributed by atoms with Crippen LogP contribution in [0.1, 0.15) is 24.5 Å². The molecular formula is C28H27NO4S2. The standard InChI is InChI=1S/C28H27NO4S2/c1-3-20-10-13-23(14-11-20)32-16-7-17-33-24-15-12-21(18-25(24)31-2)19-26-27(30)29(28(34)35-26)22-8-5-4-6-9-22/h4-6,8-15,18-19H,3,7,16-17H2,1-2H3. The van der Waals surface area contributed by atoms with Crippen molar-refractivity contribution in [3.8, 4) is 17.2 Å². The lowest BCUT2D eigenvalue weighted by Crippen LogP contribution is -2.27. The molecule has 3 aromatic carbocycles. The van der Waals surface area contributed by atoms with E-state index in [0.29, 0.717) is 33.9 Å². The molecule has 0 radical (unpaired) electrons. The summed E-state index contributed by atoms with van der Waals surface area (Å²) >= 11 is 6.74. The van der Waals surface area contributed by atoms with Crippen LogP contribution in [0.5, 0.6) is 17.2 Å². The van der Waals surface area contributed by atoms with Gasteiger partial charge in [0.1, 0.15) is 5.75 Å². The van der Waals surface area contributed by atoms with Crippen molar-refractivity contribution in [2.45, 2.75) is 19.8 Å². The van der Waals surface area contributed by atoms with Gasteiger partial charge < -0.3 is 14.2 Å². The van der Waals surface area contributed by atoms with Crippen LogP contribution >= 0.6 is 24.0 Å². The number of thiocarbonyl (C=S) groups is 1. The summed E-state index contributed by atoms with van der Waals surface area (Å²) in [5, 5.41) is 0. The summed E-state index contributed by atoms with van der Waals surface area (Å²) in [5.41, 5.74) is 2.89. The van der Waals surface area contributed by atoms with E-state index in [1.165, 1.54) is 17.3 Å². The van der Waals surface area contributed by atoms with E-state index in [9.17, 15) is 4.79 Å². The van der Waals surface area contributed by atoms with Crippen LogP contribution in [0.3, 0.4) is 0 Å². The van der Waals surface area contributed by atoms with Crippen molar-refractivity contribution in [3.63, 3.8) is 0 Å². The van der Waals surface area contributed by atoms with Crippen molar-refractivity contribution in [3.05, 3.63) is 88.8 Å². The number of thioether (sulfide) groups is 1. The van der Waals surface area contributed by atoms with Crippen LogP contribution in [0.2, 0.25) is 0 Å². The Morgan fingerprint density at radius 3 is 2.40 bits per heavy atom. The molecule has 3 aromatic rings. The van der Waals surface area contributed by atoms with Crippen LogP contribution in [0.25, 0.3) is 6.08 Å². The Labute approximate surface area is 215 Å². The third-order valence-corrected chi connectivity index (χ3v) is 6.74. The monoisotopic (exact) mass is 505 g/mol. The van der Waals surface area contributed by atoms with Crippen molar-refractivity contribution in [2.75, 3.05) is 25.2 Å². The summed E-state index contributed by atoms with van der Waals surface area (Å²) in [7, 11) is 1.60. The molecule has 1 fully saturated rings. The average Bonchev–Trinajstić information content (AvgIpc) is 3.17. The van der Waals surface area contributed by atoms with E-state index >= 15 is 0 Å². The Morgan fingerprint density at radius 2 is 1.69 bits per heavy atom. The molecule has 0 bridgehead atoms. The smallest absolute Gasteiger partial charge is 0.270 e. The van der Waals surface area contributed by atoms with Crippen LogP contribution in [-0.4, -0.2) is 30.6 Å². The van der Waals surface area contributed by atoms with E-state index in [1.807, 2.05) is 66.7 Å². The number of para-hydroxylation sites is 1. The lowest BCUT2D eigenvalue weighted by molar-refractivity contribution is -0.113. The minimum absolute atomic E-state index is 0.130. The number of amides is 1. The van der Waals surface area contributed by atoms with E-state index in [4.69, 9.17) is 26.4 Å². The van der Waals surface area contributed by atoms with Gasteiger partial charge in [0.2, 0.25) is 0 Å². The molecule has 1 aliphatic heterocycles. The van der Waals surface area contributed by atoms with Gasteiger partial charge in [-0.3, -0.25) is 9.69 Å². The van der Waals surface area contributed by atoms with E-state index in [0.717, 1.165) is 29.8 Å². The first kappa shape index (κ1) is 24.8. The number of methoxy groups -OCH3 is 1. The highest BCUT2D eigenvalue weighted by molar-refractivity contribution is 8.27. The quantitative estimate of drug-likeness (QED) is 0.178. The molecule has 5 nitrogen and oxygen atoms in total. The van der Waals surface area contributed by atoms with Crippen molar-refractivity contribution < 1.29 is 19.0 Å². The number of hydrogen-bond donors (Lipinski definition) is 0. The molecule has 7 heteroatoms. The summed E-state index contributed by atoms with van der Waals surface area (Å²) in [4.78, 5) is 15.1. The number of rotatable bonds is 10. The summed E-state index contributed by atoms with van der Waals surface area (Å²) in [5.74, 6) is 1.98. The Morgan fingerprint density at radius 1 is 0.943 bits per heavy atom. The van der Waals surface area contributed by atoms with Gasteiger partial charge in [-0.1, -0.05) is 67.3 Å². The predicted octanol–water partition coefficient (Wildman–Crippen LogP) is 6.51. The normalized spacial score (nSPS) is 14.5. The van der Waals surface area contributed by atoms with Crippen molar-refractivity contribution >= 4 is 46.0 Å². The molecule has 1 amide bonds. The molecule has 0 aromatic heterocycles. The highest BCUT2D eigenvalue weighted by atomic mass is 32.2. The molecule has 0 saturated carbocycles. The number of benzene rings is 3. The first-order chi connectivity index (χ1) is 17.1. The predicted molar refractivity (Wildman–Crippen MR) is 147 cm³/mol. The summed E-state index contributed by atoms with van der Waals surface area (Å²) in [6.45, 7) is 3.19. The molecule has 35 heavy (non-hydrogen) atoms. The molecule has 1 aliphatic rings. The molecular weight excluding hydrogens is 478 g/mol. The molecule has 0 N–H and O–H groups in total. The zero-order valence-electron chi connectivity index (χ0n) is 19.7. The van der Waals surface area contributed by atoms with E-state index in [2.05, 4.69) is 19.1 Å². The largest absolute Gasteiger partial charge is 0.493 e. The summed E-state index contributed by atoms with van der Waals surface area (Å²) in [6.07, 6.45) is 3.58. The van der Waals surface area contributed by atoms with Gasteiger partial charge >= 0.3 is 0 Å². The van der Waals surface area contributed by atoms with Crippen molar-refractivity contribution in [2.24, 2.45) is 0 Å². The Balaban J connectivity index is 1.34. The Bertz CT molecular complexity index is 1210.